The van der Waals surface area contributed by atoms with Crippen LogP contribution in [0.15, 0.2) is 6.20 Å². The lowest BCUT2D eigenvalue weighted by molar-refractivity contribution is 0.0525. The largest absolute Gasteiger partial charge is 0.462 e. The maximum atomic E-state index is 11.3. The van der Waals surface area contributed by atoms with Crippen molar-refractivity contribution in [1.82, 2.24) is 4.98 Å². The number of aryl methyl sites for hydroxylation is 2. The first kappa shape index (κ1) is 12.8. The Morgan fingerprint density at radius 1 is 1.43 bits per heavy atom. The van der Waals surface area contributed by atoms with E-state index in [1.807, 2.05) is 33.9 Å². The second kappa shape index (κ2) is 6.24. The van der Waals surface area contributed by atoms with Gasteiger partial charge in [0, 0.05) is 11.9 Å². The molecule has 0 aliphatic carbocycles. The summed E-state index contributed by atoms with van der Waals surface area (Å²) in [7, 11) is 0. The minimum atomic E-state index is -0.242. The van der Waals surface area contributed by atoms with E-state index in [0.29, 0.717) is 12.2 Å². The number of esters is 1. The van der Waals surface area contributed by atoms with Gasteiger partial charge in [-0.05, 0) is 26.3 Å². The number of rotatable bonds is 2. The van der Waals surface area contributed by atoms with E-state index in [0.717, 1.165) is 11.3 Å². The summed E-state index contributed by atoms with van der Waals surface area (Å²) < 4.78 is 4.89. The summed E-state index contributed by atoms with van der Waals surface area (Å²) in [5.74, 6) is -0.242. The Morgan fingerprint density at radius 3 is 2.36 bits per heavy atom. The lowest BCUT2D eigenvalue weighted by Crippen LogP contribution is -2.06. The predicted molar refractivity (Wildman–Crippen MR) is 57.6 cm³/mol. The normalized spacial score (nSPS) is 8.93. The van der Waals surface area contributed by atoms with E-state index in [9.17, 15) is 4.79 Å². The summed E-state index contributed by atoms with van der Waals surface area (Å²) in [6.07, 6.45) is 1.81. The smallest absolute Gasteiger partial charge is 0.340 e. The van der Waals surface area contributed by atoms with Gasteiger partial charge in [-0.25, -0.2) is 4.79 Å². The average Bonchev–Trinajstić information content (AvgIpc) is 2.50. The van der Waals surface area contributed by atoms with Gasteiger partial charge in [-0.15, -0.1) is 0 Å². The molecular weight excluding hydrogens is 178 g/mol. The Morgan fingerprint density at radius 2 is 2.00 bits per heavy atom. The van der Waals surface area contributed by atoms with Gasteiger partial charge in [-0.3, -0.25) is 0 Å². The third-order valence-electron chi connectivity index (χ3n) is 1.75. The number of aromatic nitrogens is 1. The molecule has 1 N–H and O–H groups in total. The second-order valence-electron chi connectivity index (χ2n) is 2.69. The number of hydrogen-bond donors (Lipinski definition) is 1. The molecule has 0 unspecified atom stereocenters. The van der Waals surface area contributed by atoms with Gasteiger partial charge in [-0.2, -0.15) is 0 Å². The number of H-pyrrole nitrogens is 1. The van der Waals surface area contributed by atoms with Crippen LogP contribution in [-0.2, 0) is 4.74 Å². The SMILES string of the molecule is CC.CCOC(=O)c1c(C)c[nH]c1C. The van der Waals surface area contributed by atoms with Crippen molar-refractivity contribution in [1.29, 1.82) is 0 Å². The third kappa shape index (κ3) is 2.91. The zero-order chi connectivity index (χ0) is 11.1. The Bertz CT molecular complexity index is 270. The summed E-state index contributed by atoms with van der Waals surface area (Å²) in [5.41, 5.74) is 2.47. The van der Waals surface area contributed by atoms with Crippen LogP contribution >= 0.6 is 0 Å². The molecule has 0 aliphatic heterocycles. The predicted octanol–water partition coefficient (Wildman–Crippen LogP) is 2.83. The van der Waals surface area contributed by atoms with Gasteiger partial charge in [0.15, 0.2) is 0 Å². The van der Waals surface area contributed by atoms with Gasteiger partial charge < -0.3 is 9.72 Å². The monoisotopic (exact) mass is 197 g/mol. The van der Waals surface area contributed by atoms with E-state index in [1.165, 1.54) is 0 Å². The fourth-order valence-electron chi connectivity index (χ4n) is 1.17. The highest BCUT2D eigenvalue weighted by Gasteiger charge is 2.13. The lowest BCUT2D eigenvalue weighted by atomic mass is 10.2. The van der Waals surface area contributed by atoms with E-state index in [-0.39, 0.29) is 5.97 Å². The molecule has 3 heteroatoms. The third-order valence-corrected chi connectivity index (χ3v) is 1.75. The molecule has 0 radical (unpaired) electrons. The molecule has 1 rings (SSSR count). The topological polar surface area (TPSA) is 42.1 Å². The van der Waals surface area contributed by atoms with E-state index in [4.69, 9.17) is 4.74 Å². The number of carbonyl (C=O) groups excluding carboxylic acids is 1. The molecule has 0 aliphatic rings. The van der Waals surface area contributed by atoms with Crippen molar-refractivity contribution in [2.75, 3.05) is 6.61 Å². The van der Waals surface area contributed by atoms with Crippen LogP contribution in [0.25, 0.3) is 0 Å². The van der Waals surface area contributed by atoms with Crippen LogP contribution in [0.5, 0.6) is 0 Å². The molecule has 0 spiro atoms. The molecule has 1 aromatic heterocycles. The van der Waals surface area contributed by atoms with Crippen molar-refractivity contribution in [2.24, 2.45) is 0 Å². The van der Waals surface area contributed by atoms with Crippen molar-refractivity contribution in [2.45, 2.75) is 34.6 Å². The van der Waals surface area contributed by atoms with Crippen LogP contribution in [0.3, 0.4) is 0 Å². The Balaban J connectivity index is 0.000000791. The second-order valence-corrected chi connectivity index (χ2v) is 2.69. The molecule has 1 aromatic rings. The quantitative estimate of drug-likeness (QED) is 0.741. The van der Waals surface area contributed by atoms with Crippen molar-refractivity contribution in [3.63, 3.8) is 0 Å². The molecule has 3 nitrogen and oxygen atoms in total. The van der Waals surface area contributed by atoms with Gasteiger partial charge in [0.05, 0.1) is 12.2 Å². The van der Waals surface area contributed by atoms with Gasteiger partial charge >= 0.3 is 5.97 Å². The Labute approximate surface area is 85.5 Å². The van der Waals surface area contributed by atoms with Gasteiger partial charge in [-0.1, -0.05) is 13.8 Å². The molecule has 14 heavy (non-hydrogen) atoms. The maximum Gasteiger partial charge on any atom is 0.340 e. The van der Waals surface area contributed by atoms with Crippen molar-refractivity contribution in [3.8, 4) is 0 Å². The highest BCUT2D eigenvalue weighted by molar-refractivity contribution is 5.92. The molecule has 1 heterocycles. The van der Waals surface area contributed by atoms with Crippen LogP contribution in [0, 0.1) is 13.8 Å². The van der Waals surface area contributed by atoms with Crippen molar-refractivity contribution < 1.29 is 9.53 Å². The highest BCUT2D eigenvalue weighted by atomic mass is 16.5. The Hall–Kier alpha value is -1.25. The Kier molecular flexibility index (Phi) is 5.68. The standard InChI is InChI=1S/C9H13NO2.C2H6/c1-4-12-9(11)8-6(2)5-10-7(8)3;1-2/h5,10H,4H2,1-3H3;1-2H3. The number of carbonyl (C=O) groups is 1. The fraction of sp³-hybridized carbons (Fsp3) is 0.545. The van der Waals surface area contributed by atoms with Crippen LogP contribution < -0.4 is 0 Å². The molecule has 0 amide bonds. The van der Waals surface area contributed by atoms with Gasteiger partial charge in [0.2, 0.25) is 0 Å². The molecule has 0 saturated heterocycles. The minimum Gasteiger partial charge on any atom is -0.462 e. The molecule has 0 atom stereocenters. The fourth-order valence-corrected chi connectivity index (χ4v) is 1.17. The molecule has 80 valence electrons. The van der Waals surface area contributed by atoms with Crippen molar-refractivity contribution >= 4 is 5.97 Å². The summed E-state index contributed by atoms with van der Waals surface area (Å²) >= 11 is 0. The lowest BCUT2D eigenvalue weighted by Gasteiger charge is -2.01. The summed E-state index contributed by atoms with van der Waals surface area (Å²) in [5, 5.41) is 0. The van der Waals surface area contributed by atoms with E-state index >= 15 is 0 Å². The summed E-state index contributed by atoms with van der Waals surface area (Å²) in [6, 6.07) is 0. The number of ether oxygens (including phenoxy) is 1. The maximum absolute atomic E-state index is 11.3. The zero-order valence-corrected chi connectivity index (χ0v) is 9.60. The zero-order valence-electron chi connectivity index (χ0n) is 9.60. The van der Waals surface area contributed by atoms with Crippen LogP contribution in [-0.4, -0.2) is 17.6 Å². The molecule has 0 fully saturated rings. The van der Waals surface area contributed by atoms with E-state index < -0.39 is 0 Å². The first-order valence-electron chi connectivity index (χ1n) is 4.98. The number of hydrogen-bond acceptors (Lipinski definition) is 2. The van der Waals surface area contributed by atoms with E-state index in [2.05, 4.69) is 4.98 Å². The van der Waals surface area contributed by atoms with Crippen LogP contribution in [0.2, 0.25) is 0 Å². The summed E-state index contributed by atoms with van der Waals surface area (Å²) in [6.45, 7) is 9.97. The average molecular weight is 197 g/mol. The number of aromatic amines is 1. The minimum absolute atomic E-state index is 0.242. The van der Waals surface area contributed by atoms with Crippen molar-refractivity contribution in [3.05, 3.63) is 23.0 Å². The molecule has 0 saturated carbocycles. The molecule has 0 bridgehead atoms. The van der Waals surface area contributed by atoms with Gasteiger partial charge in [0.1, 0.15) is 0 Å². The first-order valence-corrected chi connectivity index (χ1v) is 4.98. The van der Waals surface area contributed by atoms with Crippen LogP contribution in [0.1, 0.15) is 42.4 Å². The highest BCUT2D eigenvalue weighted by Crippen LogP contribution is 2.12. The van der Waals surface area contributed by atoms with Crippen LogP contribution in [0.4, 0.5) is 0 Å². The first-order chi connectivity index (χ1) is 6.66. The van der Waals surface area contributed by atoms with E-state index in [1.54, 1.807) is 6.92 Å². The summed E-state index contributed by atoms with van der Waals surface area (Å²) in [4.78, 5) is 14.3. The molecule has 0 aromatic carbocycles. The number of nitrogens with one attached hydrogen (secondary N) is 1. The molecular formula is C11H19NO2. The van der Waals surface area contributed by atoms with Gasteiger partial charge in [0.25, 0.3) is 0 Å².